The predicted molar refractivity (Wildman–Crippen MR) is 94.7 cm³/mol. The summed E-state index contributed by atoms with van der Waals surface area (Å²) in [6.07, 6.45) is 7.48. The molecular weight excluding hydrogens is 292 g/mol. The number of fused-ring (bicyclic) bond motifs is 1. The Morgan fingerprint density at radius 2 is 2.09 bits per heavy atom. The standard InChI is InChI=1S/C18H18N2OS/c1-2-13-22-18-19-11-6-12-20(18)21-14-16-9-5-8-15-7-3-4-10-17(15)16/h2-12,18H,1,13-14H2. The van der Waals surface area contributed by atoms with E-state index in [2.05, 4.69) is 54.0 Å². The van der Waals surface area contributed by atoms with Crippen molar-refractivity contribution < 1.29 is 4.84 Å². The molecule has 22 heavy (non-hydrogen) atoms. The smallest absolute Gasteiger partial charge is 0.192 e. The van der Waals surface area contributed by atoms with E-state index >= 15 is 0 Å². The van der Waals surface area contributed by atoms with Crippen molar-refractivity contribution in [1.82, 2.24) is 5.06 Å². The molecule has 112 valence electrons. The first-order valence-corrected chi connectivity index (χ1v) is 8.24. The monoisotopic (exact) mass is 310 g/mol. The molecule has 0 bridgehead atoms. The van der Waals surface area contributed by atoms with E-state index in [4.69, 9.17) is 4.84 Å². The van der Waals surface area contributed by atoms with E-state index in [0.29, 0.717) is 6.61 Å². The molecule has 1 aliphatic rings. The van der Waals surface area contributed by atoms with Crippen LogP contribution in [-0.4, -0.2) is 22.5 Å². The Kier molecular flexibility index (Phi) is 4.93. The number of allylic oxidation sites excluding steroid dienone is 1. The molecule has 0 aliphatic carbocycles. The third-order valence-corrected chi connectivity index (χ3v) is 4.42. The molecule has 0 spiro atoms. The Morgan fingerprint density at radius 3 is 3.00 bits per heavy atom. The van der Waals surface area contributed by atoms with Gasteiger partial charge in [-0.3, -0.25) is 9.83 Å². The number of hydrogen-bond donors (Lipinski definition) is 0. The van der Waals surface area contributed by atoms with Gasteiger partial charge in [-0.25, -0.2) is 5.06 Å². The highest BCUT2D eigenvalue weighted by Crippen LogP contribution is 2.23. The number of rotatable bonds is 6. The number of thioether (sulfide) groups is 1. The number of nitrogens with zero attached hydrogens (tertiary/aromatic N) is 2. The lowest BCUT2D eigenvalue weighted by Crippen LogP contribution is -2.29. The summed E-state index contributed by atoms with van der Waals surface area (Å²) >= 11 is 1.68. The second-order valence-electron chi connectivity index (χ2n) is 4.86. The van der Waals surface area contributed by atoms with Crippen LogP contribution in [0.1, 0.15) is 5.56 Å². The molecule has 0 saturated heterocycles. The van der Waals surface area contributed by atoms with Gasteiger partial charge in [0, 0.05) is 18.2 Å². The highest BCUT2D eigenvalue weighted by atomic mass is 32.2. The van der Waals surface area contributed by atoms with Crippen LogP contribution in [0.5, 0.6) is 0 Å². The average molecular weight is 310 g/mol. The molecule has 0 fully saturated rings. The zero-order valence-corrected chi connectivity index (χ0v) is 13.1. The highest BCUT2D eigenvalue weighted by Gasteiger charge is 2.16. The van der Waals surface area contributed by atoms with E-state index in [9.17, 15) is 0 Å². The normalized spacial score (nSPS) is 17.1. The van der Waals surface area contributed by atoms with Gasteiger partial charge < -0.3 is 0 Å². The summed E-state index contributed by atoms with van der Waals surface area (Å²) in [5, 5.41) is 4.26. The molecule has 3 nitrogen and oxygen atoms in total. The van der Waals surface area contributed by atoms with Crippen molar-refractivity contribution in [1.29, 1.82) is 0 Å². The highest BCUT2D eigenvalue weighted by molar-refractivity contribution is 7.99. The molecule has 4 heteroatoms. The molecule has 0 radical (unpaired) electrons. The van der Waals surface area contributed by atoms with Crippen molar-refractivity contribution in [2.75, 3.05) is 5.75 Å². The number of benzene rings is 2. The SMILES string of the molecule is C=CCSC1N=CC=CN1OCc1cccc2ccccc12. The lowest BCUT2D eigenvalue weighted by atomic mass is 10.1. The van der Waals surface area contributed by atoms with Crippen LogP contribution in [-0.2, 0) is 11.4 Å². The third kappa shape index (κ3) is 3.40. The quantitative estimate of drug-likeness (QED) is 0.740. The fourth-order valence-electron chi connectivity index (χ4n) is 2.33. The molecule has 3 rings (SSSR count). The lowest BCUT2D eigenvalue weighted by Gasteiger charge is -2.27. The zero-order valence-electron chi connectivity index (χ0n) is 12.3. The maximum atomic E-state index is 5.96. The second-order valence-corrected chi connectivity index (χ2v) is 5.95. The van der Waals surface area contributed by atoms with Gasteiger partial charge in [0.2, 0.25) is 0 Å². The van der Waals surface area contributed by atoms with E-state index in [0.717, 1.165) is 5.75 Å². The third-order valence-electron chi connectivity index (χ3n) is 3.36. The minimum absolute atomic E-state index is 0.0574. The fourth-order valence-corrected chi connectivity index (χ4v) is 3.07. The van der Waals surface area contributed by atoms with Crippen molar-refractivity contribution in [3.8, 4) is 0 Å². The van der Waals surface area contributed by atoms with E-state index in [1.807, 2.05) is 18.4 Å². The molecule has 1 atom stereocenters. The molecule has 2 aromatic carbocycles. The van der Waals surface area contributed by atoms with Crippen LogP contribution in [0, 0.1) is 0 Å². The Labute approximate surface area is 134 Å². The van der Waals surface area contributed by atoms with Crippen LogP contribution in [0.15, 0.2) is 72.4 Å². The average Bonchev–Trinajstić information content (AvgIpc) is 2.59. The van der Waals surface area contributed by atoms with Gasteiger partial charge in [0.1, 0.15) is 6.61 Å². The van der Waals surface area contributed by atoms with Crippen LogP contribution < -0.4 is 0 Å². The maximum absolute atomic E-state index is 5.96. The lowest BCUT2D eigenvalue weighted by molar-refractivity contribution is -0.138. The molecular formula is C18H18N2OS. The van der Waals surface area contributed by atoms with Gasteiger partial charge in [0.15, 0.2) is 5.50 Å². The Balaban J connectivity index is 1.71. The minimum Gasteiger partial charge on any atom is -0.266 e. The molecule has 1 aliphatic heterocycles. The number of hydrogen-bond acceptors (Lipinski definition) is 4. The van der Waals surface area contributed by atoms with Crippen LogP contribution in [0.3, 0.4) is 0 Å². The number of hydroxylamine groups is 2. The first-order chi connectivity index (χ1) is 10.9. The largest absolute Gasteiger partial charge is 0.266 e. The summed E-state index contributed by atoms with van der Waals surface area (Å²) in [7, 11) is 0. The van der Waals surface area contributed by atoms with Crippen LogP contribution in [0.2, 0.25) is 0 Å². The molecule has 1 heterocycles. The summed E-state index contributed by atoms with van der Waals surface area (Å²) in [6, 6.07) is 14.6. The number of aliphatic imine (C=N–C) groups is 1. The zero-order chi connectivity index (χ0) is 15.2. The molecule has 0 amide bonds. The summed E-state index contributed by atoms with van der Waals surface area (Å²) in [5.41, 5.74) is 1.12. The van der Waals surface area contributed by atoms with E-state index < -0.39 is 0 Å². The topological polar surface area (TPSA) is 24.8 Å². The van der Waals surface area contributed by atoms with Crippen molar-refractivity contribution >= 4 is 28.7 Å². The van der Waals surface area contributed by atoms with Crippen molar-refractivity contribution in [2.45, 2.75) is 12.1 Å². The van der Waals surface area contributed by atoms with Gasteiger partial charge in [-0.05, 0) is 22.4 Å². The Bertz CT molecular complexity index is 706. The van der Waals surface area contributed by atoms with E-state index in [-0.39, 0.29) is 5.50 Å². The molecule has 0 aromatic heterocycles. The van der Waals surface area contributed by atoms with Gasteiger partial charge in [-0.1, -0.05) is 48.5 Å². The molecule has 0 N–H and O–H groups in total. The Morgan fingerprint density at radius 1 is 1.23 bits per heavy atom. The van der Waals surface area contributed by atoms with E-state index in [1.54, 1.807) is 23.0 Å². The van der Waals surface area contributed by atoms with Gasteiger partial charge in [0.25, 0.3) is 0 Å². The maximum Gasteiger partial charge on any atom is 0.192 e. The Hall–Kier alpha value is -2.04. The first kappa shape index (κ1) is 14.9. The summed E-state index contributed by atoms with van der Waals surface area (Å²) in [4.78, 5) is 10.4. The second kappa shape index (κ2) is 7.29. The summed E-state index contributed by atoms with van der Waals surface area (Å²) in [5.74, 6) is 0.837. The van der Waals surface area contributed by atoms with Crippen LogP contribution in [0.4, 0.5) is 0 Å². The molecule has 2 aromatic rings. The van der Waals surface area contributed by atoms with Crippen molar-refractivity contribution in [2.24, 2.45) is 4.99 Å². The van der Waals surface area contributed by atoms with Gasteiger partial charge in [-0.15, -0.1) is 18.3 Å². The predicted octanol–water partition coefficient (Wildman–Crippen LogP) is 4.37. The minimum atomic E-state index is -0.0574. The fraction of sp³-hybridized carbons (Fsp3) is 0.167. The van der Waals surface area contributed by atoms with E-state index in [1.165, 1.54) is 16.3 Å². The first-order valence-electron chi connectivity index (χ1n) is 7.19. The molecule has 0 saturated carbocycles. The molecule has 1 unspecified atom stereocenters. The van der Waals surface area contributed by atoms with Gasteiger partial charge in [-0.2, -0.15) is 0 Å². The van der Waals surface area contributed by atoms with Crippen molar-refractivity contribution in [3.63, 3.8) is 0 Å². The van der Waals surface area contributed by atoms with Crippen molar-refractivity contribution in [3.05, 3.63) is 73.0 Å². The van der Waals surface area contributed by atoms with Gasteiger partial charge >= 0.3 is 0 Å². The van der Waals surface area contributed by atoms with Crippen LogP contribution >= 0.6 is 11.8 Å². The van der Waals surface area contributed by atoms with Gasteiger partial charge in [0.05, 0.1) is 0 Å². The summed E-state index contributed by atoms with van der Waals surface area (Å²) < 4.78 is 0. The summed E-state index contributed by atoms with van der Waals surface area (Å²) in [6.45, 7) is 4.27. The van der Waals surface area contributed by atoms with Crippen LogP contribution in [0.25, 0.3) is 10.8 Å².